The van der Waals surface area contributed by atoms with Crippen LogP contribution in [0, 0.1) is 0 Å². The maximum Gasteiger partial charge on any atom is 0.305 e. The van der Waals surface area contributed by atoms with Crippen LogP contribution in [0.5, 0.6) is 0 Å². The Hall–Kier alpha value is -0.610. The van der Waals surface area contributed by atoms with Gasteiger partial charge in [-0.2, -0.15) is 0 Å². The summed E-state index contributed by atoms with van der Waals surface area (Å²) in [4.78, 5) is 13.7. The van der Waals surface area contributed by atoms with Crippen LogP contribution in [-0.2, 0) is 9.53 Å². The van der Waals surface area contributed by atoms with Crippen molar-refractivity contribution >= 4 is 5.97 Å². The van der Waals surface area contributed by atoms with Crippen molar-refractivity contribution in [3.8, 4) is 0 Å². The number of hydrogen-bond donors (Lipinski definition) is 1. The summed E-state index contributed by atoms with van der Waals surface area (Å²) in [5.41, 5.74) is 0. The molecule has 1 rings (SSSR count). The highest BCUT2D eigenvalue weighted by atomic mass is 16.5. The van der Waals surface area contributed by atoms with E-state index in [1.54, 1.807) is 0 Å². The molecule has 0 saturated carbocycles. The average molecular weight is 270 g/mol. The molecule has 1 N–H and O–H groups in total. The summed E-state index contributed by atoms with van der Waals surface area (Å²) in [5.74, 6) is -0.0546. The maximum atomic E-state index is 11.1. The Morgan fingerprint density at radius 1 is 1.11 bits per heavy atom. The fourth-order valence-electron chi connectivity index (χ4n) is 2.49. The third-order valence-corrected chi connectivity index (χ3v) is 3.57. The van der Waals surface area contributed by atoms with Gasteiger partial charge in [0.15, 0.2) is 0 Å². The molecule has 0 aliphatic carbocycles. The van der Waals surface area contributed by atoms with E-state index in [-0.39, 0.29) is 5.97 Å². The largest absolute Gasteiger partial charge is 0.466 e. The second-order valence-corrected chi connectivity index (χ2v) is 5.27. The molecule has 0 radical (unpaired) electrons. The van der Waals surface area contributed by atoms with E-state index < -0.39 is 0 Å². The van der Waals surface area contributed by atoms with Crippen molar-refractivity contribution in [2.75, 3.05) is 39.3 Å². The molecule has 19 heavy (non-hydrogen) atoms. The summed E-state index contributed by atoms with van der Waals surface area (Å²) in [7, 11) is 0. The molecule has 112 valence electrons. The monoisotopic (exact) mass is 270 g/mol. The molecule has 0 bridgehead atoms. The molecular formula is C15H30N2O2. The summed E-state index contributed by atoms with van der Waals surface area (Å²) in [6, 6.07) is 0. The van der Waals surface area contributed by atoms with E-state index in [0.29, 0.717) is 13.0 Å². The Morgan fingerprint density at radius 2 is 1.84 bits per heavy atom. The summed E-state index contributed by atoms with van der Waals surface area (Å²) in [6.07, 6.45) is 7.81. The number of likely N-dealkylation sites (tertiary alicyclic amines) is 1. The van der Waals surface area contributed by atoms with E-state index in [0.717, 1.165) is 32.4 Å². The summed E-state index contributed by atoms with van der Waals surface area (Å²) in [6.45, 7) is 8.39. The number of nitrogens with zero attached hydrogens (tertiary/aromatic N) is 1. The highest BCUT2D eigenvalue weighted by Crippen LogP contribution is 2.06. The van der Waals surface area contributed by atoms with Gasteiger partial charge in [-0.25, -0.2) is 0 Å². The van der Waals surface area contributed by atoms with Crippen molar-refractivity contribution in [1.29, 1.82) is 0 Å². The predicted octanol–water partition coefficient (Wildman–Crippen LogP) is 2.19. The van der Waals surface area contributed by atoms with Crippen molar-refractivity contribution < 1.29 is 9.53 Å². The lowest BCUT2D eigenvalue weighted by Crippen LogP contribution is -2.25. The van der Waals surface area contributed by atoms with Crippen molar-refractivity contribution in [2.24, 2.45) is 0 Å². The first-order valence-electron chi connectivity index (χ1n) is 7.91. The maximum absolute atomic E-state index is 11.1. The molecule has 1 fully saturated rings. The molecule has 0 amide bonds. The van der Waals surface area contributed by atoms with Gasteiger partial charge in [0.25, 0.3) is 0 Å². The van der Waals surface area contributed by atoms with E-state index in [1.165, 1.54) is 38.9 Å². The lowest BCUT2D eigenvalue weighted by Gasteiger charge is -2.14. The molecular weight excluding hydrogens is 240 g/mol. The minimum absolute atomic E-state index is 0.0546. The van der Waals surface area contributed by atoms with Crippen LogP contribution in [0.4, 0.5) is 0 Å². The van der Waals surface area contributed by atoms with Crippen LogP contribution in [0.25, 0.3) is 0 Å². The standard InChI is InChI=1S/C15H30N2O2/c1-2-19-15(18)9-4-3-5-10-16-11-8-14-17-12-6-7-13-17/h16H,2-14H2,1H3. The van der Waals surface area contributed by atoms with Crippen LogP contribution < -0.4 is 5.32 Å². The molecule has 0 aromatic heterocycles. The van der Waals surface area contributed by atoms with Crippen molar-refractivity contribution in [1.82, 2.24) is 10.2 Å². The Labute approximate surface area is 117 Å². The normalized spacial score (nSPS) is 15.8. The van der Waals surface area contributed by atoms with Gasteiger partial charge >= 0.3 is 5.97 Å². The molecule has 1 saturated heterocycles. The first-order chi connectivity index (χ1) is 9.33. The lowest BCUT2D eigenvalue weighted by molar-refractivity contribution is -0.143. The number of nitrogens with one attached hydrogen (secondary N) is 1. The molecule has 4 nitrogen and oxygen atoms in total. The Balaban J connectivity index is 1.74. The lowest BCUT2D eigenvalue weighted by atomic mass is 10.2. The molecule has 0 atom stereocenters. The average Bonchev–Trinajstić information content (AvgIpc) is 2.90. The first-order valence-corrected chi connectivity index (χ1v) is 7.91. The molecule has 0 unspecified atom stereocenters. The number of unbranched alkanes of at least 4 members (excludes halogenated alkanes) is 2. The van der Waals surface area contributed by atoms with Crippen LogP contribution in [0.2, 0.25) is 0 Å². The van der Waals surface area contributed by atoms with Crippen molar-refractivity contribution in [3.05, 3.63) is 0 Å². The zero-order chi connectivity index (χ0) is 13.8. The molecule has 0 aromatic carbocycles. The number of carbonyl (C=O) groups excluding carboxylic acids is 1. The minimum atomic E-state index is -0.0546. The zero-order valence-corrected chi connectivity index (χ0v) is 12.5. The number of ether oxygens (including phenoxy) is 1. The summed E-state index contributed by atoms with van der Waals surface area (Å²) < 4.78 is 4.89. The van der Waals surface area contributed by atoms with Gasteiger partial charge in [-0.05, 0) is 71.8 Å². The molecule has 0 aromatic rings. The summed E-state index contributed by atoms with van der Waals surface area (Å²) >= 11 is 0. The van der Waals surface area contributed by atoms with Gasteiger partial charge in [0.1, 0.15) is 0 Å². The van der Waals surface area contributed by atoms with Gasteiger partial charge in [-0.3, -0.25) is 4.79 Å². The number of rotatable bonds is 11. The second-order valence-electron chi connectivity index (χ2n) is 5.27. The van der Waals surface area contributed by atoms with E-state index in [2.05, 4.69) is 10.2 Å². The van der Waals surface area contributed by atoms with Crippen LogP contribution >= 0.6 is 0 Å². The van der Waals surface area contributed by atoms with Gasteiger partial charge in [0.2, 0.25) is 0 Å². The van der Waals surface area contributed by atoms with E-state index in [9.17, 15) is 4.79 Å². The third-order valence-electron chi connectivity index (χ3n) is 3.57. The van der Waals surface area contributed by atoms with Gasteiger partial charge in [0, 0.05) is 6.42 Å². The van der Waals surface area contributed by atoms with E-state index >= 15 is 0 Å². The van der Waals surface area contributed by atoms with Gasteiger partial charge in [-0.15, -0.1) is 0 Å². The minimum Gasteiger partial charge on any atom is -0.466 e. The number of hydrogen-bond acceptors (Lipinski definition) is 4. The second kappa shape index (κ2) is 11.2. The smallest absolute Gasteiger partial charge is 0.305 e. The van der Waals surface area contributed by atoms with E-state index in [1.807, 2.05) is 6.92 Å². The SMILES string of the molecule is CCOC(=O)CCCCCNCCCN1CCCC1. The predicted molar refractivity (Wildman–Crippen MR) is 78.3 cm³/mol. The molecule has 0 spiro atoms. The highest BCUT2D eigenvalue weighted by molar-refractivity contribution is 5.69. The summed E-state index contributed by atoms with van der Waals surface area (Å²) in [5, 5.41) is 3.48. The molecule has 1 aliphatic rings. The quantitative estimate of drug-likeness (QED) is 0.461. The topological polar surface area (TPSA) is 41.6 Å². The zero-order valence-electron chi connectivity index (χ0n) is 12.5. The highest BCUT2D eigenvalue weighted by Gasteiger charge is 2.09. The number of carbonyl (C=O) groups is 1. The molecule has 1 heterocycles. The van der Waals surface area contributed by atoms with Crippen LogP contribution in [0.1, 0.15) is 51.9 Å². The first kappa shape index (κ1) is 16.4. The number of esters is 1. The van der Waals surface area contributed by atoms with Crippen LogP contribution in [0.15, 0.2) is 0 Å². The Bertz CT molecular complexity index is 228. The molecule has 4 heteroatoms. The fraction of sp³-hybridized carbons (Fsp3) is 0.933. The Kier molecular flexibility index (Phi) is 9.72. The van der Waals surface area contributed by atoms with E-state index in [4.69, 9.17) is 4.74 Å². The van der Waals surface area contributed by atoms with Crippen molar-refractivity contribution in [2.45, 2.75) is 51.9 Å². The fourth-order valence-corrected chi connectivity index (χ4v) is 2.49. The Morgan fingerprint density at radius 3 is 2.58 bits per heavy atom. The van der Waals surface area contributed by atoms with Gasteiger partial charge in [-0.1, -0.05) is 6.42 Å². The van der Waals surface area contributed by atoms with Crippen LogP contribution in [0.3, 0.4) is 0 Å². The van der Waals surface area contributed by atoms with Gasteiger partial charge in [0.05, 0.1) is 6.61 Å². The third kappa shape index (κ3) is 9.00. The molecule has 1 aliphatic heterocycles. The van der Waals surface area contributed by atoms with Crippen LogP contribution in [-0.4, -0.2) is 50.2 Å². The van der Waals surface area contributed by atoms with Gasteiger partial charge < -0.3 is 15.0 Å². The van der Waals surface area contributed by atoms with Crippen molar-refractivity contribution in [3.63, 3.8) is 0 Å².